The van der Waals surface area contributed by atoms with E-state index in [4.69, 9.17) is 17.3 Å². The molecule has 0 bridgehead atoms. The first kappa shape index (κ1) is 13.8. The summed E-state index contributed by atoms with van der Waals surface area (Å²) in [5.74, 6) is -0.906. The van der Waals surface area contributed by atoms with Crippen LogP contribution in [0.1, 0.15) is 10.4 Å². The molecule has 0 heterocycles. The lowest BCUT2D eigenvalue weighted by Gasteiger charge is -2.08. The third-order valence-corrected chi connectivity index (χ3v) is 3.67. The van der Waals surface area contributed by atoms with Gasteiger partial charge in [0.2, 0.25) is 0 Å². The van der Waals surface area contributed by atoms with Gasteiger partial charge in [0.25, 0.3) is 5.91 Å². The fourth-order valence-corrected chi connectivity index (χ4v) is 1.94. The minimum atomic E-state index is -0.485. The van der Waals surface area contributed by atoms with Gasteiger partial charge in [-0.1, -0.05) is 11.6 Å². The van der Waals surface area contributed by atoms with E-state index >= 15 is 0 Å². The smallest absolute Gasteiger partial charge is 0.257 e. The van der Waals surface area contributed by atoms with E-state index in [1.54, 1.807) is 18.2 Å². The van der Waals surface area contributed by atoms with Crippen molar-refractivity contribution in [3.8, 4) is 0 Å². The van der Waals surface area contributed by atoms with Gasteiger partial charge in [-0.15, -0.1) is 0 Å². The molecule has 0 aromatic heterocycles. The second-order valence-corrected chi connectivity index (χ2v) is 5.08. The van der Waals surface area contributed by atoms with E-state index < -0.39 is 11.7 Å². The van der Waals surface area contributed by atoms with Gasteiger partial charge < -0.3 is 11.1 Å². The van der Waals surface area contributed by atoms with Crippen LogP contribution >= 0.6 is 27.5 Å². The molecular weight excluding hydrogens is 335 g/mol. The van der Waals surface area contributed by atoms with E-state index in [0.717, 1.165) is 10.5 Å². The van der Waals surface area contributed by atoms with E-state index in [0.29, 0.717) is 10.7 Å². The Morgan fingerprint density at radius 3 is 2.63 bits per heavy atom. The number of halogens is 3. The number of rotatable bonds is 2. The molecule has 0 aliphatic heterocycles. The van der Waals surface area contributed by atoms with Crippen LogP contribution < -0.4 is 11.1 Å². The van der Waals surface area contributed by atoms with Crippen molar-refractivity contribution < 1.29 is 9.18 Å². The zero-order valence-electron chi connectivity index (χ0n) is 9.58. The topological polar surface area (TPSA) is 55.1 Å². The first-order valence-corrected chi connectivity index (χ1v) is 6.46. The SMILES string of the molecule is Nc1cc(F)ccc1C(=O)Nc1ccc(Br)c(Cl)c1. The predicted octanol–water partition coefficient (Wildman–Crippen LogP) is 4.08. The van der Waals surface area contributed by atoms with Crippen molar-refractivity contribution in [2.45, 2.75) is 0 Å². The largest absolute Gasteiger partial charge is 0.398 e. The van der Waals surface area contributed by atoms with Crippen molar-refractivity contribution in [2.24, 2.45) is 0 Å². The molecule has 2 rings (SSSR count). The van der Waals surface area contributed by atoms with Gasteiger partial charge in [-0.25, -0.2) is 4.39 Å². The third-order valence-electron chi connectivity index (χ3n) is 2.44. The van der Waals surface area contributed by atoms with Crippen molar-refractivity contribution >= 4 is 44.8 Å². The van der Waals surface area contributed by atoms with Crippen molar-refractivity contribution in [1.29, 1.82) is 0 Å². The number of hydrogen-bond acceptors (Lipinski definition) is 2. The Kier molecular flexibility index (Phi) is 4.07. The Labute approximate surface area is 122 Å². The Morgan fingerprint density at radius 2 is 2.00 bits per heavy atom. The number of carbonyl (C=O) groups is 1. The normalized spacial score (nSPS) is 10.3. The van der Waals surface area contributed by atoms with Crippen molar-refractivity contribution in [3.63, 3.8) is 0 Å². The number of carbonyl (C=O) groups excluding carboxylic acids is 1. The number of hydrogen-bond donors (Lipinski definition) is 2. The Morgan fingerprint density at radius 1 is 1.26 bits per heavy atom. The molecule has 19 heavy (non-hydrogen) atoms. The maximum Gasteiger partial charge on any atom is 0.257 e. The van der Waals surface area contributed by atoms with Crippen LogP contribution in [0.15, 0.2) is 40.9 Å². The highest BCUT2D eigenvalue weighted by atomic mass is 79.9. The highest BCUT2D eigenvalue weighted by Gasteiger charge is 2.11. The zero-order valence-corrected chi connectivity index (χ0v) is 11.9. The number of amides is 1. The molecule has 0 unspecified atom stereocenters. The van der Waals surface area contributed by atoms with Crippen molar-refractivity contribution in [2.75, 3.05) is 11.1 Å². The predicted molar refractivity (Wildman–Crippen MR) is 77.9 cm³/mol. The number of nitrogen functional groups attached to an aromatic ring is 1. The lowest BCUT2D eigenvalue weighted by Crippen LogP contribution is -2.14. The second kappa shape index (κ2) is 5.59. The third kappa shape index (κ3) is 3.24. The summed E-state index contributed by atoms with van der Waals surface area (Å²) in [6.45, 7) is 0. The van der Waals surface area contributed by atoms with Crippen LogP contribution in [0, 0.1) is 5.82 Å². The number of benzene rings is 2. The quantitative estimate of drug-likeness (QED) is 0.807. The Balaban J connectivity index is 2.23. The molecule has 0 aliphatic rings. The minimum Gasteiger partial charge on any atom is -0.398 e. The van der Waals surface area contributed by atoms with Gasteiger partial charge in [0, 0.05) is 15.8 Å². The first-order chi connectivity index (χ1) is 8.97. The molecule has 3 nitrogen and oxygen atoms in total. The average molecular weight is 344 g/mol. The molecule has 0 atom stereocenters. The molecule has 3 N–H and O–H groups in total. The van der Waals surface area contributed by atoms with Gasteiger partial charge in [0.05, 0.1) is 10.6 Å². The van der Waals surface area contributed by atoms with Gasteiger partial charge in [0.1, 0.15) is 5.82 Å². The molecule has 1 amide bonds. The lowest BCUT2D eigenvalue weighted by molar-refractivity contribution is 0.102. The Hall–Kier alpha value is -1.59. The molecule has 98 valence electrons. The summed E-state index contributed by atoms with van der Waals surface area (Å²) in [6, 6.07) is 8.62. The van der Waals surface area contributed by atoms with Crippen LogP contribution in [-0.4, -0.2) is 5.91 Å². The van der Waals surface area contributed by atoms with E-state index in [-0.39, 0.29) is 11.3 Å². The van der Waals surface area contributed by atoms with Crippen LogP contribution in [0.25, 0.3) is 0 Å². The molecule has 0 aliphatic carbocycles. The monoisotopic (exact) mass is 342 g/mol. The fourth-order valence-electron chi connectivity index (χ4n) is 1.51. The lowest BCUT2D eigenvalue weighted by atomic mass is 10.1. The summed E-state index contributed by atoms with van der Waals surface area (Å²) in [5, 5.41) is 3.12. The summed E-state index contributed by atoms with van der Waals surface area (Å²) in [4.78, 5) is 12.0. The summed E-state index contributed by atoms with van der Waals surface area (Å²) in [7, 11) is 0. The van der Waals surface area contributed by atoms with Gasteiger partial charge in [0.15, 0.2) is 0 Å². The van der Waals surface area contributed by atoms with Crippen LogP contribution in [0.3, 0.4) is 0 Å². The fraction of sp³-hybridized carbons (Fsp3) is 0. The number of anilines is 2. The molecule has 0 fully saturated rings. The van der Waals surface area contributed by atoms with E-state index in [1.165, 1.54) is 12.1 Å². The average Bonchev–Trinajstić information content (AvgIpc) is 2.33. The molecule has 2 aromatic carbocycles. The summed E-state index contributed by atoms with van der Waals surface area (Å²) in [6.07, 6.45) is 0. The molecule has 0 radical (unpaired) electrons. The Bertz CT molecular complexity index is 649. The standard InChI is InChI=1S/C13H9BrClFN2O/c14-10-4-2-8(6-11(10)15)18-13(19)9-3-1-7(16)5-12(9)17/h1-6H,17H2,(H,18,19). The highest BCUT2D eigenvalue weighted by Crippen LogP contribution is 2.26. The number of nitrogens with two attached hydrogens (primary N) is 1. The molecular formula is C13H9BrClFN2O. The van der Waals surface area contributed by atoms with Crippen LogP contribution in [-0.2, 0) is 0 Å². The van der Waals surface area contributed by atoms with Crippen LogP contribution in [0.5, 0.6) is 0 Å². The molecule has 0 saturated carbocycles. The molecule has 0 spiro atoms. The van der Waals surface area contributed by atoms with Gasteiger partial charge in [-0.05, 0) is 52.3 Å². The van der Waals surface area contributed by atoms with Crippen molar-refractivity contribution in [3.05, 3.63) is 57.3 Å². The van der Waals surface area contributed by atoms with E-state index in [9.17, 15) is 9.18 Å². The second-order valence-electron chi connectivity index (χ2n) is 3.81. The first-order valence-electron chi connectivity index (χ1n) is 5.29. The minimum absolute atomic E-state index is 0.0840. The molecule has 2 aromatic rings. The van der Waals surface area contributed by atoms with E-state index in [1.807, 2.05) is 0 Å². The number of nitrogens with one attached hydrogen (secondary N) is 1. The summed E-state index contributed by atoms with van der Waals surface area (Å²) >= 11 is 9.18. The summed E-state index contributed by atoms with van der Waals surface area (Å²) in [5.41, 5.74) is 6.42. The maximum absolute atomic E-state index is 12.9. The van der Waals surface area contributed by atoms with Crippen LogP contribution in [0.2, 0.25) is 5.02 Å². The molecule has 0 saturated heterocycles. The molecule has 6 heteroatoms. The van der Waals surface area contributed by atoms with Gasteiger partial charge >= 0.3 is 0 Å². The maximum atomic E-state index is 12.9. The van der Waals surface area contributed by atoms with Crippen molar-refractivity contribution in [1.82, 2.24) is 0 Å². The highest BCUT2D eigenvalue weighted by molar-refractivity contribution is 9.10. The summed E-state index contributed by atoms with van der Waals surface area (Å²) < 4.78 is 13.6. The van der Waals surface area contributed by atoms with Gasteiger partial charge in [-0.3, -0.25) is 4.79 Å². The van der Waals surface area contributed by atoms with E-state index in [2.05, 4.69) is 21.2 Å². The van der Waals surface area contributed by atoms with Crippen LogP contribution in [0.4, 0.5) is 15.8 Å². The zero-order chi connectivity index (χ0) is 14.0. The van der Waals surface area contributed by atoms with Gasteiger partial charge in [-0.2, -0.15) is 0 Å².